The van der Waals surface area contributed by atoms with Gasteiger partial charge in [0.1, 0.15) is 10.7 Å². The molecule has 1 aromatic carbocycles. The third kappa shape index (κ3) is 3.14. The Labute approximate surface area is 117 Å². The van der Waals surface area contributed by atoms with Crippen LogP contribution in [0.25, 0.3) is 0 Å². The van der Waals surface area contributed by atoms with Crippen LogP contribution in [0.3, 0.4) is 0 Å². The molecule has 0 aliphatic carbocycles. The van der Waals surface area contributed by atoms with Crippen LogP contribution in [0.15, 0.2) is 39.8 Å². The number of hydrogen-bond donors (Lipinski definition) is 3. The zero-order chi connectivity index (χ0) is 14.0. The van der Waals surface area contributed by atoms with Crippen molar-refractivity contribution in [2.75, 3.05) is 4.72 Å². The Morgan fingerprint density at radius 2 is 2.11 bits per heavy atom. The predicted molar refractivity (Wildman–Crippen MR) is 71.6 cm³/mol. The number of H-pyrrole nitrogens is 1. The lowest BCUT2D eigenvalue weighted by atomic mass is 10.3. The first-order chi connectivity index (χ1) is 8.92. The second kappa shape index (κ2) is 5.32. The summed E-state index contributed by atoms with van der Waals surface area (Å²) in [6.45, 7) is -0.289. The molecule has 0 unspecified atom stereocenters. The van der Waals surface area contributed by atoms with Gasteiger partial charge < -0.3 is 10.1 Å². The summed E-state index contributed by atoms with van der Waals surface area (Å²) in [6.07, 6.45) is 1.25. The minimum Gasteiger partial charge on any atom is -0.390 e. The van der Waals surface area contributed by atoms with Crippen LogP contribution in [0.1, 0.15) is 5.69 Å². The summed E-state index contributed by atoms with van der Waals surface area (Å²) in [6, 6.07) is 5.21. The minimum absolute atomic E-state index is 0.0279. The summed E-state index contributed by atoms with van der Waals surface area (Å²) < 4.78 is 39.8. The van der Waals surface area contributed by atoms with Crippen molar-refractivity contribution in [3.05, 3.63) is 46.4 Å². The average molecular weight is 349 g/mol. The highest BCUT2D eigenvalue weighted by Gasteiger charge is 2.16. The van der Waals surface area contributed by atoms with Crippen molar-refractivity contribution >= 4 is 31.6 Å². The average Bonchev–Trinajstić information content (AvgIpc) is 2.83. The molecule has 0 aliphatic heterocycles. The maximum Gasteiger partial charge on any atom is 0.263 e. The van der Waals surface area contributed by atoms with Crippen LogP contribution in [0.4, 0.5) is 10.1 Å². The Bertz CT molecular complexity index is 700. The third-order valence-corrected chi connectivity index (χ3v) is 4.37. The van der Waals surface area contributed by atoms with Crippen LogP contribution < -0.4 is 4.72 Å². The number of aliphatic hydroxyl groups is 1. The fourth-order valence-corrected chi connectivity index (χ4v) is 2.75. The van der Waals surface area contributed by atoms with E-state index in [0.29, 0.717) is 5.69 Å². The minimum atomic E-state index is -3.81. The van der Waals surface area contributed by atoms with E-state index in [1.54, 1.807) is 0 Å². The highest BCUT2D eigenvalue weighted by Crippen LogP contribution is 2.22. The molecule has 1 heterocycles. The standard InChI is InChI=1S/C11H10BrFN2O3S/c12-10-2-1-7(4-11(10)13)15-19(17,18)9-3-8(6-16)14-5-9/h1-5,14-16H,6H2. The molecule has 1 aromatic heterocycles. The number of sulfonamides is 1. The van der Waals surface area contributed by atoms with E-state index in [4.69, 9.17) is 5.11 Å². The zero-order valence-electron chi connectivity index (χ0n) is 9.52. The Balaban J connectivity index is 2.28. The maximum absolute atomic E-state index is 13.3. The van der Waals surface area contributed by atoms with Gasteiger partial charge in [-0.2, -0.15) is 0 Å². The van der Waals surface area contributed by atoms with E-state index in [1.807, 2.05) is 0 Å². The summed E-state index contributed by atoms with van der Waals surface area (Å²) in [5.74, 6) is -0.565. The van der Waals surface area contributed by atoms with Crippen LogP contribution in [-0.2, 0) is 16.6 Å². The lowest BCUT2D eigenvalue weighted by Gasteiger charge is -2.06. The molecule has 2 rings (SSSR count). The molecule has 0 amide bonds. The second-order valence-electron chi connectivity index (χ2n) is 3.75. The van der Waals surface area contributed by atoms with E-state index in [2.05, 4.69) is 25.6 Å². The van der Waals surface area contributed by atoms with Crippen molar-refractivity contribution in [3.8, 4) is 0 Å². The van der Waals surface area contributed by atoms with Crippen molar-refractivity contribution < 1.29 is 17.9 Å². The molecule has 0 fully saturated rings. The molecule has 0 saturated heterocycles. The van der Waals surface area contributed by atoms with Gasteiger partial charge in [-0.15, -0.1) is 0 Å². The SMILES string of the molecule is O=S(=O)(Nc1ccc(Br)c(F)c1)c1c[nH]c(CO)c1. The number of nitrogens with one attached hydrogen (secondary N) is 2. The summed E-state index contributed by atoms with van der Waals surface area (Å²) >= 11 is 2.98. The molecule has 3 N–H and O–H groups in total. The van der Waals surface area contributed by atoms with E-state index in [9.17, 15) is 12.8 Å². The topological polar surface area (TPSA) is 82.2 Å². The molecule has 0 spiro atoms. The number of anilines is 1. The van der Waals surface area contributed by atoms with E-state index >= 15 is 0 Å². The first-order valence-corrected chi connectivity index (χ1v) is 7.46. The van der Waals surface area contributed by atoms with Gasteiger partial charge in [0.05, 0.1) is 16.8 Å². The Kier molecular flexibility index (Phi) is 3.93. The number of hydrogen-bond acceptors (Lipinski definition) is 3. The van der Waals surface area contributed by atoms with Gasteiger partial charge in [-0.1, -0.05) is 0 Å². The van der Waals surface area contributed by atoms with Gasteiger partial charge in [0.25, 0.3) is 10.0 Å². The fourth-order valence-electron chi connectivity index (χ4n) is 1.44. The molecule has 0 bridgehead atoms. The molecule has 102 valence electrons. The van der Waals surface area contributed by atoms with E-state index in [-0.39, 0.29) is 21.7 Å². The van der Waals surface area contributed by atoms with E-state index < -0.39 is 15.8 Å². The zero-order valence-corrected chi connectivity index (χ0v) is 11.9. The second-order valence-corrected chi connectivity index (χ2v) is 6.29. The van der Waals surface area contributed by atoms with Crippen molar-refractivity contribution in [1.82, 2.24) is 4.98 Å². The van der Waals surface area contributed by atoms with Gasteiger partial charge >= 0.3 is 0 Å². The first-order valence-electron chi connectivity index (χ1n) is 5.18. The number of aliphatic hydroxyl groups excluding tert-OH is 1. The number of benzene rings is 1. The van der Waals surface area contributed by atoms with Gasteiger partial charge in [0, 0.05) is 11.9 Å². The van der Waals surface area contributed by atoms with Gasteiger partial charge in [0.15, 0.2) is 0 Å². The molecule has 5 nitrogen and oxygen atoms in total. The van der Waals surface area contributed by atoms with Crippen molar-refractivity contribution in [3.63, 3.8) is 0 Å². The highest BCUT2D eigenvalue weighted by molar-refractivity contribution is 9.10. The number of rotatable bonds is 4. The van der Waals surface area contributed by atoms with E-state index in [1.165, 1.54) is 24.4 Å². The van der Waals surface area contributed by atoms with Crippen LogP contribution in [0.5, 0.6) is 0 Å². The van der Waals surface area contributed by atoms with Crippen LogP contribution in [0.2, 0.25) is 0 Å². The molecule has 0 atom stereocenters. The molecule has 19 heavy (non-hydrogen) atoms. The summed E-state index contributed by atoms with van der Waals surface area (Å²) in [5.41, 5.74) is 0.495. The Morgan fingerprint density at radius 3 is 2.68 bits per heavy atom. The maximum atomic E-state index is 13.3. The monoisotopic (exact) mass is 348 g/mol. The number of halogens is 2. The summed E-state index contributed by atoms with van der Waals surface area (Å²) in [5, 5.41) is 8.87. The predicted octanol–water partition coefficient (Wildman–Crippen LogP) is 2.21. The number of aromatic amines is 1. The van der Waals surface area contributed by atoms with Gasteiger partial charge in [-0.25, -0.2) is 12.8 Å². The normalized spacial score (nSPS) is 11.5. The molecular formula is C11H10BrFN2O3S. The summed E-state index contributed by atoms with van der Waals surface area (Å²) in [7, 11) is -3.81. The van der Waals surface area contributed by atoms with Crippen molar-refractivity contribution in [2.45, 2.75) is 11.5 Å². The van der Waals surface area contributed by atoms with E-state index in [0.717, 1.165) is 6.07 Å². The highest BCUT2D eigenvalue weighted by atomic mass is 79.9. The van der Waals surface area contributed by atoms with Gasteiger partial charge in [0.2, 0.25) is 0 Å². The number of aromatic nitrogens is 1. The fraction of sp³-hybridized carbons (Fsp3) is 0.0909. The Morgan fingerprint density at radius 1 is 1.37 bits per heavy atom. The summed E-state index contributed by atoms with van der Waals surface area (Å²) in [4.78, 5) is 2.59. The van der Waals surface area contributed by atoms with Crippen LogP contribution >= 0.6 is 15.9 Å². The largest absolute Gasteiger partial charge is 0.390 e. The lowest BCUT2D eigenvalue weighted by Crippen LogP contribution is -2.12. The van der Waals surface area contributed by atoms with Crippen molar-refractivity contribution in [1.29, 1.82) is 0 Å². The van der Waals surface area contributed by atoms with Gasteiger partial charge in [-0.3, -0.25) is 4.72 Å². The third-order valence-electron chi connectivity index (χ3n) is 2.37. The van der Waals surface area contributed by atoms with Crippen LogP contribution in [0, 0.1) is 5.82 Å². The smallest absolute Gasteiger partial charge is 0.263 e. The quantitative estimate of drug-likeness (QED) is 0.792. The Hall–Kier alpha value is -1.38. The lowest BCUT2D eigenvalue weighted by molar-refractivity contribution is 0.277. The van der Waals surface area contributed by atoms with Crippen molar-refractivity contribution in [2.24, 2.45) is 0 Å². The van der Waals surface area contributed by atoms with Crippen LogP contribution in [-0.4, -0.2) is 18.5 Å². The molecule has 0 aliphatic rings. The molecule has 2 aromatic rings. The molecular weight excluding hydrogens is 339 g/mol. The first kappa shape index (κ1) is 14.0. The molecule has 0 radical (unpaired) electrons. The molecule has 8 heteroatoms. The molecule has 0 saturated carbocycles. The van der Waals surface area contributed by atoms with Gasteiger partial charge in [-0.05, 0) is 40.2 Å².